The molecule has 0 aliphatic carbocycles. The molecule has 0 bridgehead atoms. The fourth-order valence-electron chi connectivity index (χ4n) is 2.50. The number of carbonyl (C=O) groups is 1. The molecule has 0 heterocycles. The van der Waals surface area contributed by atoms with Gasteiger partial charge >= 0.3 is 5.97 Å². The summed E-state index contributed by atoms with van der Waals surface area (Å²) in [6.45, 7) is 8.56. The number of ether oxygens (including phenoxy) is 3. The van der Waals surface area contributed by atoms with E-state index < -0.39 is 6.04 Å². The van der Waals surface area contributed by atoms with Gasteiger partial charge in [0.2, 0.25) is 0 Å². The van der Waals surface area contributed by atoms with Crippen molar-refractivity contribution in [3.63, 3.8) is 0 Å². The zero-order chi connectivity index (χ0) is 19.8. The van der Waals surface area contributed by atoms with E-state index in [9.17, 15) is 4.79 Å². The van der Waals surface area contributed by atoms with Crippen molar-refractivity contribution in [2.45, 2.75) is 33.7 Å². The smallest absolute Gasteiger partial charge is 0.328 e. The van der Waals surface area contributed by atoms with Gasteiger partial charge in [0.05, 0.1) is 18.0 Å². The third-order valence-corrected chi connectivity index (χ3v) is 3.92. The molecule has 6 nitrogen and oxygen atoms in total. The van der Waals surface area contributed by atoms with Crippen LogP contribution in [0.3, 0.4) is 0 Å². The molecule has 0 amide bonds. The Hall–Kier alpha value is -2.89. The van der Waals surface area contributed by atoms with Crippen LogP contribution in [0.1, 0.15) is 25.0 Å². The highest BCUT2D eigenvalue weighted by atomic mass is 16.5. The third kappa shape index (κ3) is 6.09. The van der Waals surface area contributed by atoms with Crippen LogP contribution >= 0.6 is 0 Å². The van der Waals surface area contributed by atoms with E-state index in [2.05, 4.69) is 5.32 Å². The third-order valence-electron chi connectivity index (χ3n) is 3.92. The molecule has 2 aromatic carbocycles. The summed E-state index contributed by atoms with van der Waals surface area (Å²) in [5.74, 6) is 1.01. The standard InChI is InChI=1S/C21H28N2O4/c1-5-25-21(24)16(4)23-18-9-7-15(3)13-20(18)27-11-10-26-19-12-14(2)6-8-17(19)22/h6-9,12-13,16,23H,5,10-11,22H2,1-4H3. The Morgan fingerprint density at radius 3 is 2.30 bits per heavy atom. The molecule has 0 aromatic heterocycles. The summed E-state index contributed by atoms with van der Waals surface area (Å²) < 4.78 is 16.6. The Bertz CT molecular complexity index is 777. The minimum Gasteiger partial charge on any atom is -0.488 e. The summed E-state index contributed by atoms with van der Waals surface area (Å²) in [5.41, 5.74) is 9.39. The molecule has 6 heteroatoms. The highest BCUT2D eigenvalue weighted by Gasteiger charge is 2.16. The Balaban J connectivity index is 1.96. The molecule has 0 radical (unpaired) electrons. The van der Waals surface area contributed by atoms with Gasteiger partial charge in [-0.1, -0.05) is 12.1 Å². The number of hydrogen-bond acceptors (Lipinski definition) is 6. The lowest BCUT2D eigenvalue weighted by molar-refractivity contribution is -0.143. The van der Waals surface area contributed by atoms with Crippen LogP contribution in [0.5, 0.6) is 11.5 Å². The molecule has 1 atom stereocenters. The Labute approximate surface area is 160 Å². The first kappa shape index (κ1) is 20.4. The van der Waals surface area contributed by atoms with Gasteiger partial charge in [-0.3, -0.25) is 0 Å². The van der Waals surface area contributed by atoms with Crippen LogP contribution in [0.2, 0.25) is 0 Å². The van der Waals surface area contributed by atoms with Gasteiger partial charge in [0.1, 0.15) is 30.8 Å². The van der Waals surface area contributed by atoms with Gasteiger partial charge in [-0.15, -0.1) is 0 Å². The first-order chi connectivity index (χ1) is 12.9. The first-order valence-corrected chi connectivity index (χ1v) is 9.06. The van der Waals surface area contributed by atoms with Crippen LogP contribution in [0.15, 0.2) is 36.4 Å². The van der Waals surface area contributed by atoms with Crippen molar-refractivity contribution in [2.75, 3.05) is 30.9 Å². The summed E-state index contributed by atoms with van der Waals surface area (Å²) in [4.78, 5) is 11.8. The van der Waals surface area contributed by atoms with E-state index in [0.717, 1.165) is 16.8 Å². The fourth-order valence-corrected chi connectivity index (χ4v) is 2.50. The van der Waals surface area contributed by atoms with E-state index in [1.54, 1.807) is 13.8 Å². The summed E-state index contributed by atoms with van der Waals surface area (Å²) >= 11 is 0. The van der Waals surface area contributed by atoms with Crippen LogP contribution in [0.25, 0.3) is 0 Å². The van der Waals surface area contributed by atoms with Gasteiger partial charge in [-0.05, 0) is 63.1 Å². The second kappa shape index (κ2) is 9.71. The molecule has 0 saturated carbocycles. The average molecular weight is 372 g/mol. The SMILES string of the molecule is CCOC(=O)C(C)Nc1ccc(C)cc1OCCOc1cc(C)ccc1N. The largest absolute Gasteiger partial charge is 0.488 e. The molecule has 146 valence electrons. The molecule has 0 aliphatic rings. The monoisotopic (exact) mass is 372 g/mol. The molecule has 0 saturated heterocycles. The van der Waals surface area contributed by atoms with E-state index in [4.69, 9.17) is 19.9 Å². The Kier molecular flexibility index (Phi) is 7.34. The van der Waals surface area contributed by atoms with Crippen molar-refractivity contribution in [3.05, 3.63) is 47.5 Å². The lowest BCUT2D eigenvalue weighted by Gasteiger charge is -2.18. The number of nitrogens with one attached hydrogen (secondary N) is 1. The number of benzene rings is 2. The maximum absolute atomic E-state index is 11.8. The number of carbonyl (C=O) groups excluding carboxylic acids is 1. The lowest BCUT2D eigenvalue weighted by atomic mass is 10.2. The Morgan fingerprint density at radius 1 is 1.04 bits per heavy atom. The molecule has 3 N–H and O–H groups in total. The number of esters is 1. The number of nitrogen functional groups attached to an aromatic ring is 1. The van der Waals surface area contributed by atoms with Crippen molar-refractivity contribution >= 4 is 17.3 Å². The number of anilines is 2. The molecule has 1 unspecified atom stereocenters. The zero-order valence-corrected chi connectivity index (χ0v) is 16.4. The molecule has 0 fully saturated rings. The molecular weight excluding hydrogens is 344 g/mol. The zero-order valence-electron chi connectivity index (χ0n) is 16.4. The van der Waals surface area contributed by atoms with Crippen molar-refractivity contribution in [2.24, 2.45) is 0 Å². The normalized spacial score (nSPS) is 11.6. The molecule has 2 aromatic rings. The van der Waals surface area contributed by atoms with E-state index in [-0.39, 0.29) is 5.97 Å². The van der Waals surface area contributed by atoms with Gasteiger partial charge < -0.3 is 25.3 Å². The maximum atomic E-state index is 11.8. The second-order valence-electron chi connectivity index (χ2n) is 6.36. The highest BCUT2D eigenvalue weighted by Crippen LogP contribution is 2.27. The van der Waals surface area contributed by atoms with Crippen molar-refractivity contribution in [1.29, 1.82) is 0 Å². The topological polar surface area (TPSA) is 82.8 Å². The lowest BCUT2D eigenvalue weighted by Crippen LogP contribution is -2.28. The number of aryl methyl sites for hydroxylation is 2. The first-order valence-electron chi connectivity index (χ1n) is 9.06. The van der Waals surface area contributed by atoms with Gasteiger partial charge in [0.25, 0.3) is 0 Å². The summed E-state index contributed by atoms with van der Waals surface area (Å²) in [6, 6.07) is 10.9. The van der Waals surface area contributed by atoms with Gasteiger partial charge in [-0.25, -0.2) is 4.79 Å². The van der Waals surface area contributed by atoms with Crippen LogP contribution in [0.4, 0.5) is 11.4 Å². The Morgan fingerprint density at radius 2 is 1.63 bits per heavy atom. The average Bonchev–Trinajstić information content (AvgIpc) is 2.63. The summed E-state index contributed by atoms with van der Waals surface area (Å²) in [5, 5.41) is 3.14. The molecule has 27 heavy (non-hydrogen) atoms. The van der Waals surface area contributed by atoms with Crippen LogP contribution in [-0.2, 0) is 9.53 Å². The van der Waals surface area contributed by atoms with E-state index in [1.807, 2.05) is 50.2 Å². The van der Waals surface area contributed by atoms with E-state index in [1.165, 1.54) is 0 Å². The molecular formula is C21H28N2O4. The number of rotatable bonds is 9. The summed E-state index contributed by atoms with van der Waals surface area (Å²) in [7, 11) is 0. The predicted octanol–water partition coefficient (Wildman–Crippen LogP) is 3.71. The minimum atomic E-state index is -0.474. The second-order valence-corrected chi connectivity index (χ2v) is 6.36. The van der Waals surface area contributed by atoms with Crippen molar-refractivity contribution in [1.82, 2.24) is 0 Å². The molecule has 0 spiro atoms. The molecule has 2 rings (SSSR count). The predicted molar refractivity (Wildman–Crippen MR) is 107 cm³/mol. The van der Waals surface area contributed by atoms with Crippen LogP contribution in [0, 0.1) is 13.8 Å². The van der Waals surface area contributed by atoms with Gasteiger partial charge in [-0.2, -0.15) is 0 Å². The van der Waals surface area contributed by atoms with Crippen molar-refractivity contribution in [3.8, 4) is 11.5 Å². The number of hydrogen-bond donors (Lipinski definition) is 2. The highest BCUT2D eigenvalue weighted by molar-refractivity contribution is 5.79. The maximum Gasteiger partial charge on any atom is 0.328 e. The van der Waals surface area contributed by atoms with E-state index >= 15 is 0 Å². The molecule has 0 aliphatic heterocycles. The van der Waals surface area contributed by atoms with E-state index in [0.29, 0.717) is 37.0 Å². The minimum absolute atomic E-state index is 0.303. The van der Waals surface area contributed by atoms with Crippen molar-refractivity contribution < 1.29 is 19.0 Å². The van der Waals surface area contributed by atoms with Gasteiger partial charge in [0, 0.05) is 0 Å². The summed E-state index contributed by atoms with van der Waals surface area (Å²) in [6.07, 6.45) is 0. The van der Waals surface area contributed by atoms with Crippen LogP contribution < -0.4 is 20.5 Å². The van der Waals surface area contributed by atoms with Crippen LogP contribution in [-0.4, -0.2) is 31.8 Å². The number of nitrogens with two attached hydrogens (primary N) is 1. The quantitative estimate of drug-likeness (QED) is 0.397. The fraction of sp³-hybridized carbons (Fsp3) is 0.381. The van der Waals surface area contributed by atoms with Gasteiger partial charge in [0.15, 0.2) is 0 Å².